The third-order valence-corrected chi connectivity index (χ3v) is 2.85. The van der Waals surface area contributed by atoms with Crippen LogP contribution < -0.4 is 14.2 Å². The number of aliphatic carboxylic acids is 1. The standard InChI is InChI=1S/C13H16O5/c1-8(13(14)15)5-9-6-10(16-2)12-11(7-9)17-3-4-18-12/h6-8H,3-5H2,1-2H3,(H,14,15). The first kappa shape index (κ1) is 12.5. The Morgan fingerprint density at radius 2 is 2.17 bits per heavy atom. The Morgan fingerprint density at radius 3 is 2.83 bits per heavy atom. The van der Waals surface area contributed by atoms with Crippen LogP contribution in [0, 0.1) is 5.92 Å². The van der Waals surface area contributed by atoms with Crippen molar-refractivity contribution in [3.8, 4) is 17.2 Å². The fraction of sp³-hybridized carbons (Fsp3) is 0.462. The van der Waals surface area contributed by atoms with Crippen LogP contribution in [0.1, 0.15) is 12.5 Å². The SMILES string of the molecule is COc1cc(CC(C)C(=O)O)cc2c1OCCO2. The Hall–Kier alpha value is -1.91. The van der Waals surface area contributed by atoms with Crippen LogP contribution in [0.2, 0.25) is 0 Å². The summed E-state index contributed by atoms with van der Waals surface area (Å²) >= 11 is 0. The van der Waals surface area contributed by atoms with Crippen LogP contribution in [0.5, 0.6) is 17.2 Å². The average molecular weight is 252 g/mol. The first-order valence-corrected chi connectivity index (χ1v) is 5.81. The molecule has 98 valence electrons. The number of carboxylic acid groups (broad SMARTS) is 1. The molecule has 18 heavy (non-hydrogen) atoms. The van der Waals surface area contributed by atoms with Crippen molar-refractivity contribution in [3.05, 3.63) is 17.7 Å². The predicted molar refractivity (Wildman–Crippen MR) is 64.5 cm³/mol. The van der Waals surface area contributed by atoms with E-state index >= 15 is 0 Å². The quantitative estimate of drug-likeness (QED) is 0.884. The van der Waals surface area contributed by atoms with Gasteiger partial charge in [-0.1, -0.05) is 6.92 Å². The molecule has 0 fully saturated rings. The maximum absolute atomic E-state index is 10.9. The molecule has 1 atom stereocenters. The number of fused-ring (bicyclic) bond motifs is 1. The van der Waals surface area contributed by atoms with Crippen LogP contribution >= 0.6 is 0 Å². The first-order chi connectivity index (χ1) is 8.61. The normalized spacial score (nSPS) is 15.0. The number of carbonyl (C=O) groups is 1. The summed E-state index contributed by atoms with van der Waals surface area (Å²) in [5, 5.41) is 8.92. The largest absolute Gasteiger partial charge is 0.493 e. The minimum Gasteiger partial charge on any atom is -0.493 e. The molecule has 1 aromatic carbocycles. The van der Waals surface area contributed by atoms with Crippen molar-refractivity contribution in [1.82, 2.24) is 0 Å². The third-order valence-electron chi connectivity index (χ3n) is 2.85. The second-order valence-corrected chi connectivity index (χ2v) is 4.27. The summed E-state index contributed by atoms with van der Waals surface area (Å²) in [6.45, 7) is 2.66. The van der Waals surface area contributed by atoms with Gasteiger partial charge in [-0.25, -0.2) is 0 Å². The number of benzene rings is 1. The van der Waals surface area contributed by atoms with E-state index in [1.54, 1.807) is 20.1 Å². The van der Waals surface area contributed by atoms with Crippen molar-refractivity contribution in [2.45, 2.75) is 13.3 Å². The summed E-state index contributed by atoms with van der Waals surface area (Å²) < 4.78 is 16.2. The molecule has 0 aromatic heterocycles. The predicted octanol–water partition coefficient (Wildman–Crippen LogP) is 1.73. The van der Waals surface area contributed by atoms with E-state index in [1.807, 2.05) is 6.07 Å². The van der Waals surface area contributed by atoms with Gasteiger partial charge in [0.1, 0.15) is 13.2 Å². The highest BCUT2D eigenvalue weighted by atomic mass is 16.6. The van der Waals surface area contributed by atoms with Crippen LogP contribution in [0.15, 0.2) is 12.1 Å². The van der Waals surface area contributed by atoms with E-state index in [2.05, 4.69) is 0 Å². The second-order valence-electron chi connectivity index (χ2n) is 4.27. The Labute approximate surface area is 105 Å². The van der Waals surface area contributed by atoms with Crippen molar-refractivity contribution in [1.29, 1.82) is 0 Å². The van der Waals surface area contributed by atoms with E-state index in [0.29, 0.717) is 36.9 Å². The van der Waals surface area contributed by atoms with Crippen LogP contribution in [-0.4, -0.2) is 31.4 Å². The molecule has 0 saturated heterocycles. The highest BCUT2D eigenvalue weighted by Crippen LogP contribution is 2.40. The summed E-state index contributed by atoms with van der Waals surface area (Å²) in [6, 6.07) is 3.61. The van der Waals surface area contributed by atoms with Gasteiger partial charge >= 0.3 is 5.97 Å². The van der Waals surface area contributed by atoms with Crippen molar-refractivity contribution < 1.29 is 24.1 Å². The van der Waals surface area contributed by atoms with E-state index in [-0.39, 0.29) is 0 Å². The average Bonchev–Trinajstić information content (AvgIpc) is 2.37. The van der Waals surface area contributed by atoms with Gasteiger partial charge in [-0.05, 0) is 24.1 Å². The van der Waals surface area contributed by atoms with Crippen LogP contribution in [0.4, 0.5) is 0 Å². The molecule has 1 aliphatic heterocycles. The lowest BCUT2D eigenvalue weighted by Crippen LogP contribution is -2.17. The molecule has 1 aromatic rings. The molecule has 5 nitrogen and oxygen atoms in total. The topological polar surface area (TPSA) is 65.0 Å². The fourth-order valence-electron chi connectivity index (χ4n) is 1.89. The molecule has 1 unspecified atom stereocenters. The van der Waals surface area contributed by atoms with Crippen molar-refractivity contribution >= 4 is 5.97 Å². The molecular weight excluding hydrogens is 236 g/mol. The second kappa shape index (κ2) is 5.16. The van der Waals surface area contributed by atoms with Crippen molar-refractivity contribution in [2.75, 3.05) is 20.3 Å². The van der Waals surface area contributed by atoms with Crippen LogP contribution in [0.25, 0.3) is 0 Å². The van der Waals surface area contributed by atoms with Gasteiger partial charge in [0.2, 0.25) is 5.75 Å². The monoisotopic (exact) mass is 252 g/mol. The van der Waals surface area contributed by atoms with Crippen LogP contribution in [-0.2, 0) is 11.2 Å². The lowest BCUT2D eigenvalue weighted by Gasteiger charge is -2.21. The van der Waals surface area contributed by atoms with Crippen LogP contribution in [0.3, 0.4) is 0 Å². The first-order valence-electron chi connectivity index (χ1n) is 5.81. The zero-order chi connectivity index (χ0) is 13.1. The van der Waals surface area contributed by atoms with Gasteiger partial charge in [-0.3, -0.25) is 4.79 Å². The molecule has 0 saturated carbocycles. The van der Waals surface area contributed by atoms with E-state index in [9.17, 15) is 4.79 Å². The number of carboxylic acids is 1. The highest BCUT2D eigenvalue weighted by Gasteiger charge is 2.20. The van der Waals surface area contributed by atoms with E-state index in [0.717, 1.165) is 5.56 Å². The summed E-state index contributed by atoms with van der Waals surface area (Å²) in [6.07, 6.45) is 0.433. The highest BCUT2D eigenvalue weighted by molar-refractivity contribution is 5.70. The maximum Gasteiger partial charge on any atom is 0.306 e. The molecule has 1 N–H and O–H groups in total. The van der Waals surface area contributed by atoms with E-state index in [1.165, 1.54) is 0 Å². The molecule has 1 heterocycles. The molecular formula is C13H16O5. The maximum atomic E-state index is 10.9. The molecule has 0 spiro atoms. The number of rotatable bonds is 4. The smallest absolute Gasteiger partial charge is 0.306 e. The minimum absolute atomic E-state index is 0.433. The van der Waals surface area contributed by atoms with Crippen molar-refractivity contribution in [3.63, 3.8) is 0 Å². The molecule has 1 aliphatic rings. The summed E-state index contributed by atoms with van der Waals surface area (Å²) in [5.74, 6) is 0.532. The zero-order valence-corrected chi connectivity index (χ0v) is 10.4. The lowest BCUT2D eigenvalue weighted by atomic mass is 10.0. The molecule has 0 aliphatic carbocycles. The number of methoxy groups -OCH3 is 1. The fourth-order valence-corrected chi connectivity index (χ4v) is 1.89. The molecule has 0 amide bonds. The number of hydrogen-bond acceptors (Lipinski definition) is 4. The van der Waals surface area contributed by atoms with E-state index in [4.69, 9.17) is 19.3 Å². The lowest BCUT2D eigenvalue weighted by molar-refractivity contribution is -0.141. The summed E-state index contributed by atoms with van der Waals surface area (Å²) in [7, 11) is 1.55. The van der Waals surface area contributed by atoms with Gasteiger partial charge in [0, 0.05) is 0 Å². The Kier molecular flexibility index (Phi) is 3.60. The molecule has 0 bridgehead atoms. The number of hydrogen-bond donors (Lipinski definition) is 1. The van der Waals surface area contributed by atoms with Gasteiger partial charge in [0.25, 0.3) is 0 Å². The van der Waals surface area contributed by atoms with Gasteiger partial charge in [-0.15, -0.1) is 0 Å². The Balaban J connectivity index is 2.29. The molecule has 2 rings (SSSR count). The third kappa shape index (κ3) is 2.50. The molecule has 5 heteroatoms. The molecule has 0 radical (unpaired) electrons. The van der Waals surface area contributed by atoms with Crippen molar-refractivity contribution in [2.24, 2.45) is 5.92 Å². The number of ether oxygens (including phenoxy) is 3. The Morgan fingerprint density at radius 1 is 1.44 bits per heavy atom. The van der Waals surface area contributed by atoms with Gasteiger partial charge in [-0.2, -0.15) is 0 Å². The summed E-state index contributed by atoms with van der Waals surface area (Å²) in [4.78, 5) is 10.9. The Bertz CT molecular complexity index is 438. The zero-order valence-electron chi connectivity index (χ0n) is 10.4. The van der Waals surface area contributed by atoms with Gasteiger partial charge in [0.15, 0.2) is 11.5 Å². The summed E-state index contributed by atoms with van der Waals surface area (Å²) in [5.41, 5.74) is 0.867. The minimum atomic E-state index is -0.816. The van der Waals surface area contributed by atoms with E-state index < -0.39 is 11.9 Å². The van der Waals surface area contributed by atoms with Gasteiger partial charge < -0.3 is 19.3 Å². The van der Waals surface area contributed by atoms with Gasteiger partial charge in [0.05, 0.1) is 13.0 Å².